The van der Waals surface area contributed by atoms with Crippen molar-refractivity contribution in [1.82, 2.24) is 15.5 Å². The lowest BCUT2D eigenvalue weighted by Crippen LogP contribution is -2.47. The quantitative estimate of drug-likeness (QED) is 0.682. The maximum absolute atomic E-state index is 12.3. The van der Waals surface area contributed by atoms with Crippen molar-refractivity contribution in [2.75, 3.05) is 31.5 Å². The highest BCUT2D eigenvalue weighted by atomic mass is 16.2. The van der Waals surface area contributed by atoms with Gasteiger partial charge in [0.1, 0.15) is 0 Å². The lowest BCUT2D eigenvalue weighted by atomic mass is 9.96. The van der Waals surface area contributed by atoms with Gasteiger partial charge in [-0.25, -0.2) is 4.79 Å². The topological polar surface area (TPSA) is 90.5 Å². The summed E-state index contributed by atoms with van der Waals surface area (Å²) in [6, 6.07) is 8.96. The first kappa shape index (κ1) is 20.9. The normalized spacial score (nSPS) is 15.4. The van der Waals surface area contributed by atoms with Crippen molar-refractivity contribution in [3.05, 3.63) is 30.3 Å². The number of anilines is 1. The molecule has 1 aliphatic rings. The van der Waals surface area contributed by atoms with Gasteiger partial charge in [-0.1, -0.05) is 32.0 Å². The van der Waals surface area contributed by atoms with Crippen molar-refractivity contribution in [1.29, 1.82) is 0 Å². The molecule has 1 fully saturated rings. The summed E-state index contributed by atoms with van der Waals surface area (Å²) in [6.45, 7) is 6.21. The number of carbonyl (C=O) groups is 3. The summed E-state index contributed by atoms with van der Waals surface area (Å²) in [5.74, 6) is 0.157. The van der Waals surface area contributed by atoms with E-state index in [4.69, 9.17) is 0 Å². The molecule has 3 N–H and O–H groups in total. The van der Waals surface area contributed by atoms with Crippen molar-refractivity contribution in [3.8, 4) is 0 Å². The number of hydrogen-bond donors (Lipinski definition) is 3. The number of rotatable bonds is 7. The Morgan fingerprint density at radius 1 is 1.11 bits per heavy atom. The predicted octanol–water partition coefficient (Wildman–Crippen LogP) is 2.21. The molecule has 7 nitrogen and oxygen atoms in total. The monoisotopic (exact) mass is 374 g/mol. The Hall–Kier alpha value is -2.41. The minimum Gasteiger partial charge on any atom is -0.338 e. The number of para-hydroxylation sites is 1. The minimum atomic E-state index is -0.447. The van der Waals surface area contributed by atoms with Crippen molar-refractivity contribution < 1.29 is 14.4 Å². The number of urea groups is 1. The molecule has 148 valence electrons. The molecular formula is C20H30N4O3. The van der Waals surface area contributed by atoms with Crippen LogP contribution in [0.1, 0.15) is 33.1 Å². The number of nitrogens with one attached hydrogen (secondary N) is 3. The number of hydrogen-bond acceptors (Lipinski definition) is 4. The third-order valence-electron chi connectivity index (χ3n) is 4.63. The summed E-state index contributed by atoms with van der Waals surface area (Å²) < 4.78 is 0. The number of likely N-dealkylation sites (tertiary alicyclic amines) is 1. The highest BCUT2D eigenvalue weighted by Crippen LogP contribution is 2.19. The fraction of sp³-hybridized carbons (Fsp3) is 0.550. The van der Waals surface area contributed by atoms with Crippen molar-refractivity contribution >= 4 is 23.5 Å². The molecule has 1 aromatic carbocycles. The van der Waals surface area contributed by atoms with Crippen LogP contribution in [0.25, 0.3) is 0 Å². The van der Waals surface area contributed by atoms with E-state index in [9.17, 15) is 14.4 Å². The van der Waals surface area contributed by atoms with E-state index in [0.29, 0.717) is 38.4 Å². The number of benzene rings is 1. The van der Waals surface area contributed by atoms with E-state index in [1.165, 1.54) is 0 Å². The van der Waals surface area contributed by atoms with Gasteiger partial charge >= 0.3 is 6.03 Å². The average molecular weight is 374 g/mol. The molecule has 2 rings (SSSR count). The van der Waals surface area contributed by atoms with Gasteiger partial charge in [0.15, 0.2) is 0 Å². The summed E-state index contributed by atoms with van der Waals surface area (Å²) in [4.78, 5) is 38.0. The van der Waals surface area contributed by atoms with Crippen LogP contribution in [0.4, 0.5) is 10.5 Å². The van der Waals surface area contributed by atoms with Crippen LogP contribution in [0.2, 0.25) is 0 Å². The van der Waals surface area contributed by atoms with Crippen LogP contribution < -0.4 is 16.0 Å². The maximum Gasteiger partial charge on any atom is 0.321 e. The second kappa shape index (κ2) is 10.7. The highest BCUT2D eigenvalue weighted by molar-refractivity contribution is 5.95. The van der Waals surface area contributed by atoms with Crippen LogP contribution in [0.15, 0.2) is 30.3 Å². The molecule has 0 aromatic heterocycles. The van der Waals surface area contributed by atoms with E-state index < -0.39 is 6.03 Å². The first-order valence-corrected chi connectivity index (χ1v) is 9.60. The van der Waals surface area contributed by atoms with Gasteiger partial charge < -0.3 is 10.6 Å². The zero-order valence-corrected chi connectivity index (χ0v) is 16.2. The fourth-order valence-corrected chi connectivity index (χ4v) is 3.01. The first-order chi connectivity index (χ1) is 12.9. The Labute approximate surface area is 160 Å². The summed E-state index contributed by atoms with van der Waals surface area (Å²) in [7, 11) is 0. The largest absolute Gasteiger partial charge is 0.338 e. The molecule has 0 aliphatic carbocycles. The zero-order valence-electron chi connectivity index (χ0n) is 16.2. The number of amides is 4. The van der Waals surface area contributed by atoms with Gasteiger partial charge in [-0.3, -0.25) is 19.8 Å². The number of nitrogens with zero attached hydrogens (tertiary/aromatic N) is 1. The Balaban J connectivity index is 1.65. The molecule has 1 aromatic rings. The van der Waals surface area contributed by atoms with Crippen LogP contribution in [0.3, 0.4) is 0 Å². The number of imide groups is 1. The van der Waals surface area contributed by atoms with Crippen molar-refractivity contribution in [2.24, 2.45) is 11.8 Å². The van der Waals surface area contributed by atoms with Crippen molar-refractivity contribution in [2.45, 2.75) is 33.1 Å². The molecule has 1 saturated heterocycles. The molecule has 4 amide bonds. The van der Waals surface area contributed by atoms with E-state index in [0.717, 1.165) is 12.1 Å². The summed E-state index contributed by atoms with van der Waals surface area (Å²) in [5.41, 5.74) is 0.799. The second-order valence-corrected chi connectivity index (χ2v) is 7.39. The molecule has 0 unspecified atom stereocenters. The lowest BCUT2D eigenvalue weighted by molar-refractivity contribution is -0.122. The van der Waals surface area contributed by atoms with E-state index in [-0.39, 0.29) is 24.3 Å². The summed E-state index contributed by atoms with van der Waals surface area (Å²) >= 11 is 0. The van der Waals surface area contributed by atoms with Gasteiger partial charge in [0.05, 0.1) is 6.54 Å². The maximum atomic E-state index is 12.3. The zero-order chi connectivity index (χ0) is 19.6. The smallest absolute Gasteiger partial charge is 0.321 e. The second-order valence-electron chi connectivity index (χ2n) is 7.39. The Bertz CT molecular complexity index is 625. The van der Waals surface area contributed by atoms with E-state index in [2.05, 4.69) is 29.8 Å². The van der Waals surface area contributed by atoms with E-state index in [1.54, 1.807) is 0 Å². The van der Waals surface area contributed by atoms with Crippen LogP contribution in [-0.4, -0.2) is 48.9 Å². The molecular weight excluding hydrogens is 344 g/mol. The van der Waals surface area contributed by atoms with Crippen LogP contribution in [-0.2, 0) is 9.59 Å². The third-order valence-corrected chi connectivity index (χ3v) is 4.63. The van der Waals surface area contributed by atoms with Crippen LogP contribution in [0, 0.1) is 11.8 Å². The SMILES string of the molecule is CC(C)CCNC(=O)NC(=O)CN1CCC(C(=O)Nc2ccccc2)CC1. The van der Waals surface area contributed by atoms with Crippen LogP contribution in [0.5, 0.6) is 0 Å². The summed E-state index contributed by atoms with van der Waals surface area (Å²) in [6.07, 6.45) is 2.28. The van der Waals surface area contributed by atoms with Gasteiger partial charge in [-0.15, -0.1) is 0 Å². The Kier molecular flexibility index (Phi) is 8.26. The molecule has 1 aliphatic heterocycles. The van der Waals surface area contributed by atoms with E-state index in [1.807, 2.05) is 35.2 Å². The molecule has 0 saturated carbocycles. The van der Waals surface area contributed by atoms with Gasteiger partial charge in [-0.05, 0) is 50.4 Å². The van der Waals surface area contributed by atoms with Gasteiger partial charge in [0, 0.05) is 18.2 Å². The summed E-state index contributed by atoms with van der Waals surface area (Å²) in [5, 5.41) is 7.97. The molecule has 0 bridgehead atoms. The Morgan fingerprint density at radius 3 is 2.41 bits per heavy atom. The number of carbonyl (C=O) groups excluding carboxylic acids is 3. The number of piperidine rings is 1. The highest BCUT2D eigenvalue weighted by Gasteiger charge is 2.26. The first-order valence-electron chi connectivity index (χ1n) is 9.60. The molecule has 0 atom stereocenters. The molecule has 7 heteroatoms. The molecule has 27 heavy (non-hydrogen) atoms. The van der Waals surface area contributed by atoms with E-state index >= 15 is 0 Å². The Morgan fingerprint density at radius 2 is 1.78 bits per heavy atom. The fourth-order valence-electron chi connectivity index (χ4n) is 3.01. The van der Waals surface area contributed by atoms with Crippen LogP contribution >= 0.6 is 0 Å². The van der Waals surface area contributed by atoms with Gasteiger partial charge in [0.25, 0.3) is 0 Å². The standard InChI is InChI=1S/C20H30N4O3/c1-15(2)8-11-21-20(27)23-18(25)14-24-12-9-16(10-13-24)19(26)22-17-6-4-3-5-7-17/h3-7,15-16H,8-14H2,1-2H3,(H,22,26)(H2,21,23,25,27). The predicted molar refractivity (Wildman–Crippen MR) is 105 cm³/mol. The van der Waals surface area contributed by atoms with Gasteiger partial charge in [0.2, 0.25) is 11.8 Å². The average Bonchev–Trinajstić information content (AvgIpc) is 2.62. The van der Waals surface area contributed by atoms with Crippen molar-refractivity contribution in [3.63, 3.8) is 0 Å². The minimum absolute atomic E-state index is 0.0230. The third kappa shape index (κ3) is 7.78. The molecule has 1 heterocycles. The van der Waals surface area contributed by atoms with Gasteiger partial charge in [-0.2, -0.15) is 0 Å². The lowest BCUT2D eigenvalue weighted by Gasteiger charge is -2.30. The molecule has 0 spiro atoms. The molecule has 0 radical (unpaired) electrons.